The minimum absolute atomic E-state index is 0.393. The van der Waals surface area contributed by atoms with Crippen molar-refractivity contribution in [3.05, 3.63) is 15.6 Å². The molecule has 0 bridgehead atoms. The van der Waals surface area contributed by atoms with Crippen LogP contribution in [-0.2, 0) is 4.74 Å². The van der Waals surface area contributed by atoms with Crippen LogP contribution in [0.15, 0.2) is 0 Å². The fourth-order valence-electron chi connectivity index (χ4n) is 1.94. The van der Waals surface area contributed by atoms with Crippen LogP contribution in [0.3, 0.4) is 0 Å². The van der Waals surface area contributed by atoms with Crippen molar-refractivity contribution in [2.24, 2.45) is 0 Å². The molecule has 0 spiro atoms. The molecule has 1 aliphatic rings. The number of aliphatic hydroxyl groups excluding tert-OH is 1. The second-order valence-electron chi connectivity index (χ2n) is 4.06. The maximum Gasteiger partial charge on any atom is 0.0964 e. The van der Waals surface area contributed by atoms with E-state index in [0.717, 1.165) is 36.6 Å². The number of aliphatic hydroxyl groups is 1. The minimum Gasteiger partial charge on any atom is -0.388 e. The maximum atomic E-state index is 9.56. The lowest BCUT2D eigenvalue weighted by atomic mass is 10.0. The summed E-state index contributed by atoms with van der Waals surface area (Å²) in [5.74, 6) is 0.537. The Hall–Kier alpha value is -0.450. The van der Waals surface area contributed by atoms with Crippen molar-refractivity contribution in [2.45, 2.75) is 38.7 Å². The third-order valence-electron chi connectivity index (χ3n) is 2.80. The van der Waals surface area contributed by atoms with Crippen molar-refractivity contribution in [2.75, 3.05) is 13.2 Å². The molecule has 1 aromatic rings. The van der Waals surface area contributed by atoms with Gasteiger partial charge in [0.05, 0.1) is 21.7 Å². The average Bonchev–Trinajstić information content (AvgIpc) is 2.62. The van der Waals surface area contributed by atoms with Crippen molar-refractivity contribution in [1.29, 1.82) is 0 Å². The van der Waals surface area contributed by atoms with Crippen molar-refractivity contribution in [1.82, 2.24) is 4.98 Å². The van der Waals surface area contributed by atoms with Gasteiger partial charge in [0, 0.05) is 19.1 Å². The highest BCUT2D eigenvalue weighted by Crippen LogP contribution is 2.34. The molecule has 1 fully saturated rings. The summed E-state index contributed by atoms with van der Waals surface area (Å²) in [6.07, 6.45) is 1.73. The molecular formula is C11H17NO2S. The lowest BCUT2D eigenvalue weighted by molar-refractivity contribution is 0.0852. The number of aromatic nitrogens is 1. The van der Waals surface area contributed by atoms with Crippen LogP contribution in [0.4, 0.5) is 0 Å². The highest BCUT2D eigenvalue weighted by molar-refractivity contribution is 7.11. The first-order valence-electron chi connectivity index (χ1n) is 5.41. The molecule has 0 saturated carbocycles. The van der Waals surface area contributed by atoms with E-state index in [0.29, 0.717) is 5.92 Å². The number of ether oxygens (including phenoxy) is 1. The summed E-state index contributed by atoms with van der Waals surface area (Å²) in [6, 6.07) is 0. The smallest absolute Gasteiger partial charge is 0.0964 e. The van der Waals surface area contributed by atoms with Gasteiger partial charge < -0.3 is 9.84 Å². The Balaban J connectivity index is 2.17. The molecule has 4 heteroatoms. The third-order valence-corrected chi connectivity index (χ3v) is 4.29. The molecule has 2 rings (SSSR count). The molecule has 1 aliphatic heterocycles. The maximum absolute atomic E-state index is 9.56. The molecular weight excluding hydrogens is 210 g/mol. The van der Waals surface area contributed by atoms with Crippen LogP contribution in [0.25, 0.3) is 0 Å². The number of hydrogen-bond acceptors (Lipinski definition) is 4. The zero-order chi connectivity index (χ0) is 10.8. The molecule has 2 heterocycles. The summed E-state index contributed by atoms with van der Waals surface area (Å²) in [7, 11) is 0. The number of rotatable bonds is 2. The van der Waals surface area contributed by atoms with E-state index in [9.17, 15) is 5.11 Å². The van der Waals surface area contributed by atoms with E-state index in [4.69, 9.17) is 4.74 Å². The number of hydrogen-bond donors (Lipinski definition) is 1. The van der Waals surface area contributed by atoms with E-state index in [-0.39, 0.29) is 0 Å². The minimum atomic E-state index is -0.393. The summed E-state index contributed by atoms with van der Waals surface area (Å²) in [5.41, 5.74) is 0.983. The van der Waals surface area contributed by atoms with E-state index < -0.39 is 6.10 Å². The first-order valence-corrected chi connectivity index (χ1v) is 6.23. The van der Waals surface area contributed by atoms with Crippen molar-refractivity contribution < 1.29 is 9.84 Å². The summed E-state index contributed by atoms with van der Waals surface area (Å²) in [4.78, 5) is 5.57. The molecule has 1 N–H and O–H groups in total. The van der Waals surface area contributed by atoms with Gasteiger partial charge >= 0.3 is 0 Å². The van der Waals surface area contributed by atoms with Gasteiger partial charge in [0.1, 0.15) is 0 Å². The molecule has 15 heavy (non-hydrogen) atoms. The van der Waals surface area contributed by atoms with Crippen molar-refractivity contribution >= 4 is 11.3 Å². The summed E-state index contributed by atoms with van der Waals surface area (Å²) >= 11 is 1.66. The Bertz CT molecular complexity index is 329. The van der Waals surface area contributed by atoms with Crippen LogP contribution >= 0.6 is 11.3 Å². The fourth-order valence-corrected chi connectivity index (χ4v) is 3.11. The van der Waals surface area contributed by atoms with Gasteiger partial charge in [-0.1, -0.05) is 0 Å². The average molecular weight is 227 g/mol. The van der Waals surface area contributed by atoms with E-state index in [2.05, 4.69) is 4.98 Å². The van der Waals surface area contributed by atoms with Gasteiger partial charge in [-0.2, -0.15) is 0 Å². The van der Waals surface area contributed by atoms with Crippen LogP contribution in [0.2, 0.25) is 0 Å². The van der Waals surface area contributed by atoms with Crippen LogP contribution in [-0.4, -0.2) is 23.3 Å². The Morgan fingerprint density at radius 2 is 2.13 bits per heavy atom. The second kappa shape index (κ2) is 4.60. The van der Waals surface area contributed by atoms with Crippen LogP contribution < -0.4 is 0 Å². The van der Waals surface area contributed by atoms with Crippen LogP contribution in [0.1, 0.15) is 47.4 Å². The van der Waals surface area contributed by atoms with Gasteiger partial charge in [-0.25, -0.2) is 4.98 Å². The van der Waals surface area contributed by atoms with Crippen LogP contribution in [0, 0.1) is 6.92 Å². The Labute approximate surface area is 94.1 Å². The molecule has 0 amide bonds. The van der Waals surface area contributed by atoms with Gasteiger partial charge in [0.15, 0.2) is 0 Å². The monoisotopic (exact) mass is 227 g/mol. The molecule has 1 unspecified atom stereocenters. The standard InChI is InChI=1S/C11H17NO2S/c1-7-10(8(2)13)15-11(12-7)9-3-5-14-6-4-9/h8-9,13H,3-6H2,1-2H3. The number of nitrogens with zero attached hydrogens (tertiary/aromatic N) is 1. The van der Waals surface area contributed by atoms with Crippen molar-refractivity contribution in [3.63, 3.8) is 0 Å². The first-order chi connectivity index (χ1) is 7.18. The van der Waals surface area contributed by atoms with E-state index in [1.807, 2.05) is 6.92 Å². The Morgan fingerprint density at radius 1 is 1.47 bits per heavy atom. The van der Waals surface area contributed by atoms with Gasteiger partial charge in [0.25, 0.3) is 0 Å². The largest absolute Gasteiger partial charge is 0.388 e. The van der Waals surface area contributed by atoms with Crippen molar-refractivity contribution in [3.8, 4) is 0 Å². The predicted octanol–water partition coefficient (Wildman–Crippen LogP) is 2.40. The quantitative estimate of drug-likeness (QED) is 0.843. The van der Waals surface area contributed by atoms with E-state index in [1.54, 1.807) is 18.3 Å². The third kappa shape index (κ3) is 2.38. The fraction of sp³-hybridized carbons (Fsp3) is 0.727. The summed E-state index contributed by atoms with van der Waals surface area (Å²) in [6.45, 7) is 5.45. The predicted molar refractivity (Wildman–Crippen MR) is 60.3 cm³/mol. The molecule has 1 saturated heterocycles. The topological polar surface area (TPSA) is 42.4 Å². The molecule has 3 nitrogen and oxygen atoms in total. The molecule has 84 valence electrons. The normalized spacial score (nSPS) is 20.5. The highest BCUT2D eigenvalue weighted by Gasteiger charge is 2.21. The second-order valence-corrected chi connectivity index (χ2v) is 5.13. The van der Waals surface area contributed by atoms with Gasteiger partial charge in [0.2, 0.25) is 0 Å². The van der Waals surface area contributed by atoms with E-state index in [1.165, 1.54) is 5.01 Å². The molecule has 1 aromatic heterocycles. The molecule has 0 aromatic carbocycles. The molecule has 1 atom stereocenters. The zero-order valence-electron chi connectivity index (χ0n) is 9.19. The first kappa shape index (κ1) is 11.0. The number of aryl methyl sites for hydroxylation is 1. The van der Waals surface area contributed by atoms with Gasteiger partial charge in [-0.05, 0) is 26.7 Å². The summed E-state index contributed by atoms with van der Waals surface area (Å²) in [5, 5.41) is 10.7. The number of thiazole rings is 1. The van der Waals surface area contributed by atoms with Gasteiger partial charge in [-0.3, -0.25) is 0 Å². The van der Waals surface area contributed by atoms with Crippen LogP contribution in [0.5, 0.6) is 0 Å². The van der Waals surface area contributed by atoms with E-state index >= 15 is 0 Å². The summed E-state index contributed by atoms with van der Waals surface area (Å²) < 4.78 is 5.33. The zero-order valence-corrected chi connectivity index (χ0v) is 10.0. The lowest BCUT2D eigenvalue weighted by Gasteiger charge is -2.19. The Kier molecular flexibility index (Phi) is 3.38. The highest BCUT2D eigenvalue weighted by atomic mass is 32.1. The molecule has 0 radical (unpaired) electrons. The lowest BCUT2D eigenvalue weighted by Crippen LogP contribution is -2.13. The Morgan fingerprint density at radius 3 is 2.67 bits per heavy atom. The van der Waals surface area contributed by atoms with Gasteiger partial charge in [-0.15, -0.1) is 11.3 Å². The SMILES string of the molecule is Cc1nc(C2CCOCC2)sc1C(C)O. The molecule has 0 aliphatic carbocycles.